The number of benzene rings is 3. The number of nitrogens with zero attached hydrogens (tertiary/aromatic N) is 2. The molecule has 1 atom stereocenters. The summed E-state index contributed by atoms with van der Waals surface area (Å²) in [7, 11) is 2.65. The number of nitrogens with one attached hydrogen (secondary N) is 1. The Balaban J connectivity index is 0.000000298. The number of primary amides is 1. The molecule has 222 valence electrons. The topological polar surface area (TPSA) is 114 Å². The highest BCUT2D eigenvalue weighted by Crippen LogP contribution is 2.37. The average molecular weight is 580 g/mol. The predicted octanol–water partition coefficient (Wildman–Crippen LogP) is 5.66. The Labute approximate surface area is 247 Å². The van der Waals surface area contributed by atoms with Gasteiger partial charge in [0.2, 0.25) is 0 Å². The average Bonchev–Trinajstić information content (AvgIpc) is 2.93. The molecule has 0 aromatic heterocycles. The van der Waals surface area contributed by atoms with Gasteiger partial charge < -0.3 is 25.6 Å². The Morgan fingerprint density at radius 2 is 1.46 bits per heavy atom. The highest BCUT2D eigenvalue weighted by Gasteiger charge is 2.18. The maximum absolute atomic E-state index is 11.6. The Kier molecular flexibility index (Phi) is 11.9. The first-order valence-electron chi connectivity index (χ1n) is 14.0. The minimum absolute atomic E-state index is 0.270. The van der Waals surface area contributed by atoms with Gasteiger partial charge in [-0.25, -0.2) is 14.1 Å². The summed E-state index contributed by atoms with van der Waals surface area (Å²) in [5.41, 5.74) is 13.3. The molecule has 5 N–H and O–H groups in total. The van der Waals surface area contributed by atoms with Crippen LogP contribution in [0.4, 0.5) is 16.2 Å². The molecule has 0 bridgehead atoms. The monoisotopic (exact) mass is 579 g/mol. The van der Waals surface area contributed by atoms with Crippen LogP contribution in [0.2, 0.25) is 0 Å². The molecule has 0 saturated carbocycles. The van der Waals surface area contributed by atoms with Crippen LogP contribution in [0, 0.1) is 0 Å². The SMILES string of the molecule is CC(C)c1cc(-c2ccc(N3CCOCC3)cc2)cc(C(C)C)c1NC(N)=O.CN(C)Cc1ccc(S(N)=O)cc1. The van der Waals surface area contributed by atoms with E-state index in [0.29, 0.717) is 4.90 Å². The molecule has 0 spiro atoms. The van der Waals surface area contributed by atoms with Crippen molar-refractivity contribution in [2.45, 2.75) is 51.0 Å². The van der Waals surface area contributed by atoms with Crippen LogP contribution in [-0.4, -0.2) is 55.5 Å². The Morgan fingerprint density at radius 3 is 1.90 bits per heavy atom. The first-order valence-corrected chi connectivity index (χ1v) is 15.2. The van der Waals surface area contributed by atoms with Crippen LogP contribution < -0.4 is 21.1 Å². The summed E-state index contributed by atoms with van der Waals surface area (Å²) in [5, 5.41) is 8.08. The predicted molar refractivity (Wildman–Crippen MR) is 171 cm³/mol. The van der Waals surface area contributed by atoms with Gasteiger partial charge in [-0.05, 0) is 90.1 Å². The fraction of sp³-hybridized carbons (Fsp3) is 0.406. The molecule has 3 aromatic carbocycles. The van der Waals surface area contributed by atoms with Gasteiger partial charge in [-0.2, -0.15) is 0 Å². The Morgan fingerprint density at radius 1 is 0.927 bits per heavy atom. The van der Waals surface area contributed by atoms with Gasteiger partial charge in [-0.3, -0.25) is 0 Å². The number of carbonyl (C=O) groups excluding carboxylic acids is 1. The van der Waals surface area contributed by atoms with E-state index in [1.54, 1.807) is 12.1 Å². The zero-order valence-electron chi connectivity index (χ0n) is 25.1. The van der Waals surface area contributed by atoms with Crippen LogP contribution in [0.5, 0.6) is 0 Å². The quantitative estimate of drug-likeness (QED) is 0.319. The first kappa shape index (κ1) is 32.3. The summed E-state index contributed by atoms with van der Waals surface area (Å²) >= 11 is 0. The summed E-state index contributed by atoms with van der Waals surface area (Å²) in [6.45, 7) is 12.9. The van der Waals surface area contributed by atoms with E-state index < -0.39 is 17.0 Å². The highest BCUT2D eigenvalue weighted by atomic mass is 32.2. The molecule has 0 aliphatic carbocycles. The van der Waals surface area contributed by atoms with Crippen molar-refractivity contribution in [3.8, 4) is 11.1 Å². The van der Waals surface area contributed by atoms with Crippen molar-refractivity contribution in [2.24, 2.45) is 10.9 Å². The van der Waals surface area contributed by atoms with E-state index in [0.717, 1.165) is 55.2 Å². The van der Waals surface area contributed by atoms with E-state index in [1.165, 1.54) is 16.8 Å². The van der Waals surface area contributed by atoms with Crippen LogP contribution in [0.15, 0.2) is 65.6 Å². The molecule has 1 aliphatic heterocycles. The second-order valence-corrected chi connectivity index (χ2v) is 12.2. The van der Waals surface area contributed by atoms with Crippen LogP contribution >= 0.6 is 0 Å². The van der Waals surface area contributed by atoms with Crippen LogP contribution in [0.1, 0.15) is 56.2 Å². The van der Waals surface area contributed by atoms with Crippen LogP contribution in [-0.2, 0) is 22.3 Å². The van der Waals surface area contributed by atoms with Gasteiger partial charge in [0, 0.05) is 31.0 Å². The third kappa shape index (κ3) is 9.39. The van der Waals surface area contributed by atoms with E-state index >= 15 is 0 Å². The fourth-order valence-electron chi connectivity index (χ4n) is 4.81. The summed E-state index contributed by atoms with van der Waals surface area (Å²) in [5.74, 6) is 0.541. The van der Waals surface area contributed by atoms with Crippen molar-refractivity contribution >= 4 is 28.4 Å². The van der Waals surface area contributed by atoms with Crippen molar-refractivity contribution in [3.05, 3.63) is 77.4 Å². The number of anilines is 2. The van der Waals surface area contributed by atoms with E-state index in [2.05, 4.69) is 79.2 Å². The summed E-state index contributed by atoms with van der Waals surface area (Å²) in [6.07, 6.45) is 0. The van der Waals surface area contributed by atoms with Gasteiger partial charge in [0.05, 0.1) is 18.1 Å². The molecule has 1 unspecified atom stereocenters. The van der Waals surface area contributed by atoms with E-state index in [-0.39, 0.29) is 11.8 Å². The number of ether oxygens (including phenoxy) is 1. The van der Waals surface area contributed by atoms with Gasteiger partial charge in [0.1, 0.15) is 11.0 Å². The third-order valence-corrected chi connectivity index (χ3v) is 7.66. The van der Waals surface area contributed by atoms with E-state index in [1.807, 2.05) is 26.2 Å². The molecule has 4 rings (SSSR count). The summed E-state index contributed by atoms with van der Waals surface area (Å²) in [6, 6.07) is 20.0. The molecule has 8 nitrogen and oxygen atoms in total. The van der Waals surface area contributed by atoms with Gasteiger partial charge in [-0.1, -0.05) is 52.0 Å². The summed E-state index contributed by atoms with van der Waals surface area (Å²) in [4.78, 5) is 16.7. The lowest BCUT2D eigenvalue weighted by Gasteiger charge is -2.29. The van der Waals surface area contributed by atoms with E-state index in [4.69, 9.17) is 15.6 Å². The molecule has 1 aliphatic rings. The van der Waals surface area contributed by atoms with Gasteiger partial charge in [0.15, 0.2) is 0 Å². The van der Waals surface area contributed by atoms with Crippen molar-refractivity contribution in [1.82, 2.24) is 4.90 Å². The van der Waals surface area contributed by atoms with Crippen molar-refractivity contribution in [2.75, 3.05) is 50.6 Å². The minimum atomic E-state index is -1.36. The molecular formula is C32H45N5O3S. The first-order chi connectivity index (χ1) is 19.5. The lowest BCUT2D eigenvalue weighted by atomic mass is 9.88. The zero-order chi connectivity index (χ0) is 30.1. The molecule has 1 saturated heterocycles. The standard InChI is InChI=1S/C23H31N3O2.C9H14N2OS/c1-15(2)20-13-18(14-21(16(3)4)22(20)25-23(24)27)17-5-7-19(8-6-17)26-9-11-28-12-10-26;1-11(2)7-8-3-5-9(6-4-8)13(10)12/h5-8,13-16H,9-12H2,1-4H3,(H3,24,25,27);3-6H,7,10H2,1-2H3. The number of hydrogen-bond donors (Lipinski definition) is 3. The smallest absolute Gasteiger partial charge is 0.316 e. The van der Waals surface area contributed by atoms with Crippen LogP contribution in [0.25, 0.3) is 11.1 Å². The number of hydrogen-bond acceptors (Lipinski definition) is 5. The second-order valence-electron chi connectivity index (χ2n) is 11.2. The third-order valence-electron chi connectivity index (χ3n) is 6.92. The van der Waals surface area contributed by atoms with Gasteiger partial charge >= 0.3 is 6.03 Å². The zero-order valence-corrected chi connectivity index (χ0v) is 26.0. The molecule has 9 heteroatoms. The number of morpholine rings is 1. The van der Waals surface area contributed by atoms with E-state index in [9.17, 15) is 9.00 Å². The minimum Gasteiger partial charge on any atom is -0.378 e. The fourth-order valence-corrected chi connectivity index (χ4v) is 5.22. The van der Waals surface area contributed by atoms with Gasteiger partial charge in [0.25, 0.3) is 0 Å². The lowest BCUT2D eigenvalue weighted by Crippen LogP contribution is -2.36. The maximum Gasteiger partial charge on any atom is 0.316 e. The number of urea groups is 1. The Bertz CT molecular complexity index is 1270. The molecular weight excluding hydrogens is 534 g/mol. The molecule has 41 heavy (non-hydrogen) atoms. The molecule has 0 radical (unpaired) electrons. The molecule has 1 heterocycles. The number of rotatable bonds is 8. The number of nitrogens with two attached hydrogens (primary N) is 2. The number of carbonyl (C=O) groups is 1. The number of amides is 2. The molecule has 1 fully saturated rings. The highest BCUT2D eigenvalue weighted by molar-refractivity contribution is 7.82. The van der Waals surface area contributed by atoms with Crippen molar-refractivity contribution in [3.63, 3.8) is 0 Å². The Hall–Kier alpha value is -3.24. The lowest BCUT2D eigenvalue weighted by molar-refractivity contribution is 0.122. The second kappa shape index (κ2) is 15.1. The van der Waals surface area contributed by atoms with Gasteiger partial charge in [-0.15, -0.1) is 0 Å². The molecule has 3 aromatic rings. The summed E-state index contributed by atoms with van der Waals surface area (Å²) < 4.78 is 16.3. The maximum atomic E-state index is 11.6. The van der Waals surface area contributed by atoms with Crippen molar-refractivity contribution < 1.29 is 13.7 Å². The largest absolute Gasteiger partial charge is 0.378 e. The normalized spacial score (nSPS) is 14.1. The van der Waals surface area contributed by atoms with Crippen LogP contribution in [0.3, 0.4) is 0 Å². The van der Waals surface area contributed by atoms with Crippen molar-refractivity contribution in [1.29, 1.82) is 0 Å². The molecule has 2 amide bonds.